The van der Waals surface area contributed by atoms with Crippen LogP contribution in [-0.4, -0.2) is 19.6 Å². The molecule has 31 heavy (non-hydrogen) atoms. The molecular weight excluding hydrogens is 409 g/mol. The Balaban J connectivity index is 1.62. The molecule has 2 atom stereocenters. The van der Waals surface area contributed by atoms with Gasteiger partial charge in [-0.25, -0.2) is 4.39 Å². The second-order valence-corrected chi connectivity index (χ2v) is 7.72. The van der Waals surface area contributed by atoms with Gasteiger partial charge in [-0.1, -0.05) is 24.3 Å². The van der Waals surface area contributed by atoms with Crippen molar-refractivity contribution in [2.24, 2.45) is 0 Å². The van der Waals surface area contributed by atoms with Crippen LogP contribution >= 0.6 is 12.2 Å². The van der Waals surface area contributed by atoms with Gasteiger partial charge >= 0.3 is 0 Å². The molecule has 1 aromatic carbocycles. The molecule has 0 unspecified atom stereocenters. The second kappa shape index (κ2) is 8.28. The summed E-state index contributed by atoms with van der Waals surface area (Å²) in [6, 6.07) is 21.9. The fraction of sp³-hybridized carbons (Fsp3) is 0.125. The first-order valence-corrected chi connectivity index (χ1v) is 10.4. The third-order valence-corrected chi connectivity index (χ3v) is 5.75. The zero-order valence-corrected chi connectivity index (χ0v) is 17.4. The third-order valence-electron chi connectivity index (χ3n) is 5.44. The van der Waals surface area contributed by atoms with E-state index in [0.29, 0.717) is 17.3 Å². The molecule has 5 nitrogen and oxygen atoms in total. The van der Waals surface area contributed by atoms with Crippen molar-refractivity contribution >= 4 is 23.0 Å². The first-order chi connectivity index (χ1) is 15.2. The van der Waals surface area contributed by atoms with Gasteiger partial charge in [0.05, 0.1) is 29.7 Å². The molecule has 0 bridgehead atoms. The highest BCUT2D eigenvalue weighted by molar-refractivity contribution is 7.80. The molecule has 5 rings (SSSR count). The Hall–Kier alpha value is -3.58. The maximum absolute atomic E-state index is 14.8. The molecule has 0 spiro atoms. The summed E-state index contributed by atoms with van der Waals surface area (Å²) in [6.07, 6.45) is 5.56. The van der Waals surface area contributed by atoms with Crippen LogP contribution in [0.3, 0.4) is 0 Å². The first kappa shape index (κ1) is 19.4. The topological polar surface area (TPSA) is 46.0 Å². The predicted octanol–water partition coefficient (Wildman–Crippen LogP) is 4.64. The summed E-state index contributed by atoms with van der Waals surface area (Å²) in [4.78, 5) is 10.9. The molecule has 0 amide bonds. The maximum Gasteiger partial charge on any atom is 0.174 e. The number of nitrogens with zero attached hydrogens (tertiary/aromatic N) is 4. The molecule has 0 saturated carbocycles. The van der Waals surface area contributed by atoms with Gasteiger partial charge in [-0.2, -0.15) is 0 Å². The highest BCUT2D eigenvalue weighted by atomic mass is 32.1. The van der Waals surface area contributed by atoms with Gasteiger partial charge in [0.1, 0.15) is 11.9 Å². The van der Waals surface area contributed by atoms with E-state index in [9.17, 15) is 4.39 Å². The number of thiocarbonyl (C=S) groups is 1. The van der Waals surface area contributed by atoms with Crippen LogP contribution in [0.1, 0.15) is 29.2 Å². The normalized spacial score (nSPS) is 18.2. The molecule has 1 aliphatic rings. The molecule has 3 aromatic heterocycles. The number of hydrogen-bond donors (Lipinski definition) is 1. The van der Waals surface area contributed by atoms with E-state index in [1.54, 1.807) is 24.5 Å². The molecule has 0 aliphatic carbocycles. The minimum absolute atomic E-state index is 0.231. The SMILES string of the molecule is Fc1ccccc1N1C(=S)N[C@H](c2ccccn2)[C@H]1c1cccn1Cc1ccccn1. The number of anilines is 1. The summed E-state index contributed by atoms with van der Waals surface area (Å²) < 4.78 is 17.0. The van der Waals surface area contributed by atoms with E-state index in [2.05, 4.69) is 19.9 Å². The Morgan fingerprint density at radius 3 is 2.42 bits per heavy atom. The summed E-state index contributed by atoms with van der Waals surface area (Å²) in [5, 5.41) is 3.84. The minimum Gasteiger partial charge on any atom is -0.351 e. The van der Waals surface area contributed by atoms with Crippen LogP contribution in [0.4, 0.5) is 10.1 Å². The third kappa shape index (κ3) is 3.68. The Labute approximate surface area is 185 Å². The largest absolute Gasteiger partial charge is 0.351 e. The number of hydrogen-bond acceptors (Lipinski definition) is 3. The van der Waals surface area contributed by atoms with Gasteiger partial charge in [0.15, 0.2) is 5.11 Å². The molecule has 0 radical (unpaired) electrons. The van der Waals surface area contributed by atoms with Crippen molar-refractivity contribution in [3.8, 4) is 0 Å². The van der Waals surface area contributed by atoms with Gasteiger partial charge in [0, 0.05) is 24.3 Å². The monoisotopic (exact) mass is 429 g/mol. The molecule has 4 heterocycles. The van der Waals surface area contributed by atoms with Gasteiger partial charge in [0.2, 0.25) is 0 Å². The van der Waals surface area contributed by atoms with E-state index < -0.39 is 0 Å². The zero-order valence-electron chi connectivity index (χ0n) is 16.6. The Morgan fingerprint density at radius 2 is 1.68 bits per heavy atom. The van der Waals surface area contributed by atoms with Crippen LogP contribution < -0.4 is 10.2 Å². The highest BCUT2D eigenvalue weighted by Gasteiger charge is 2.42. The Bertz CT molecular complexity index is 1190. The fourth-order valence-corrected chi connectivity index (χ4v) is 4.41. The van der Waals surface area contributed by atoms with Crippen LogP contribution in [0.2, 0.25) is 0 Å². The minimum atomic E-state index is -0.318. The van der Waals surface area contributed by atoms with Crippen molar-refractivity contribution in [2.75, 3.05) is 4.90 Å². The van der Waals surface area contributed by atoms with Crippen molar-refractivity contribution in [1.82, 2.24) is 19.9 Å². The van der Waals surface area contributed by atoms with Crippen molar-refractivity contribution in [3.63, 3.8) is 0 Å². The van der Waals surface area contributed by atoms with Gasteiger partial charge in [0.25, 0.3) is 0 Å². The Morgan fingerprint density at radius 1 is 0.903 bits per heavy atom. The van der Waals surface area contributed by atoms with E-state index in [4.69, 9.17) is 12.2 Å². The first-order valence-electron chi connectivity index (χ1n) is 10.0. The summed E-state index contributed by atoms with van der Waals surface area (Å²) in [5.74, 6) is -0.318. The van der Waals surface area contributed by atoms with E-state index in [0.717, 1.165) is 17.1 Å². The summed E-state index contributed by atoms with van der Waals surface area (Å²) in [7, 11) is 0. The molecule has 1 aliphatic heterocycles. The van der Waals surface area contributed by atoms with Crippen LogP contribution in [0.25, 0.3) is 0 Å². The number of halogens is 1. The highest BCUT2D eigenvalue weighted by Crippen LogP contribution is 2.42. The fourth-order valence-electron chi connectivity index (χ4n) is 4.07. The molecule has 154 valence electrons. The molecule has 1 N–H and O–H groups in total. The van der Waals surface area contributed by atoms with Crippen molar-refractivity contribution < 1.29 is 4.39 Å². The zero-order chi connectivity index (χ0) is 21.2. The lowest BCUT2D eigenvalue weighted by atomic mass is 10.0. The predicted molar refractivity (Wildman–Crippen MR) is 122 cm³/mol. The average Bonchev–Trinajstić information content (AvgIpc) is 3.39. The number of rotatable bonds is 5. The van der Waals surface area contributed by atoms with Gasteiger partial charge in [-0.15, -0.1) is 0 Å². The van der Waals surface area contributed by atoms with E-state index in [1.165, 1.54) is 6.07 Å². The Kier molecular flexibility index (Phi) is 5.18. The second-order valence-electron chi connectivity index (χ2n) is 7.33. The number of benzene rings is 1. The van der Waals surface area contributed by atoms with E-state index >= 15 is 0 Å². The lowest BCUT2D eigenvalue weighted by Crippen LogP contribution is -2.31. The molecular formula is C24H20FN5S. The molecule has 7 heteroatoms. The summed E-state index contributed by atoms with van der Waals surface area (Å²) in [6.45, 7) is 0.604. The van der Waals surface area contributed by atoms with E-state index in [1.807, 2.05) is 65.7 Å². The molecule has 1 fully saturated rings. The molecule has 4 aromatic rings. The smallest absolute Gasteiger partial charge is 0.174 e. The van der Waals surface area contributed by atoms with Gasteiger partial charge in [-0.3, -0.25) is 9.97 Å². The maximum atomic E-state index is 14.8. The van der Waals surface area contributed by atoms with Crippen LogP contribution in [0, 0.1) is 5.82 Å². The summed E-state index contributed by atoms with van der Waals surface area (Å²) in [5.41, 5.74) is 3.23. The lowest BCUT2D eigenvalue weighted by Gasteiger charge is -2.29. The van der Waals surface area contributed by atoms with E-state index in [-0.39, 0.29) is 17.9 Å². The van der Waals surface area contributed by atoms with Crippen LogP contribution in [0.5, 0.6) is 0 Å². The standard InChI is InChI=1S/C24H20FN5S/c25-18-9-1-2-11-20(18)30-23(22(28-24(30)31)19-10-4-6-14-27-19)21-12-7-15-29(21)16-17-8-3-5-13-26-17/h1-15,22-23H,16H2,(H,28,31)/t22-,23-/m1/s1. The van der Waals surface area contributed by atoms with Gasteiger partial charge < -0.3 is 14.8 Å². The summed E-state index contributed by atoms with van der Waals surface area (Å²) >= 11 is 5.68. The number of nitrogens with one attached hydrogen (secondary N) is 1. The van der Waals surface area contributed by atoms with Crippen LogP contribution in [0.15, 0.2) is 91.4 Å². The van der Waals surface area contributed by atoms with Gasteiger partial charge in [-0.05, 0) is 60.7 Å². The van der Waals surface area contributed by atoms with Crippen LogP contribution in [-0.2, 0) is 6.54 Å². The van der Waals surface area contributed by atoms with Crippen molar-refractivity contribution in [2.45, 2.75) is 18.6 Å². The number of pyridine rings is 2. The van der Waals surface area contributed by atoms with Crippen molar-refractivity contribution in [1.29, 1.82) is 0 Å². The number of para-hydroxylation sites is 1. The lowest BCUT2D eigenvalue weighted by molar-refractivity contribution is 0.526. The average molecular weight is 430 g/mol. The quantitative estimate of drug-likeness (QED) is 0.468. The molecule has 1 saturated heterocycles. The van der Waals surface area contributed by atoms with Crippen molar-refractivity contribution in [3.05, 3.63) is 114 Å². The number of aromatic nitrogens is 3.